The van der Waals surface area contributed by atoms with Crippen molar-refractivity contribution in [2.24, 2.45) is 0 Å². The lowest BCUT2D eigenvalue weighted by atomic mass is 10.1. The minimum absolute atomic E-state index is 0.228. The van der Waals surface area contributed by atoms with Crippen LogP contribution in [0, 0.1) is 0 Å². The van der Waals surface area contributed by atoms with E-state index in [1.54, 1.807) is 0 Å². The van der Waals surface area contributed by atoms with Crippen molar-refractivity contribution in [1.29, 1.82) is 0 Å². The monoisotopic (exact) mass is 193 g/mol. The molecule has 0 heterocycles. The van der Waals surface area contributed by atoms with Gasteiger partial charge < -0.3 is 10.4 Å². The summed E-state index contributed by atoms with van der Waals surface area (Å²) in [5.41, 5.74) is 1.28. The second-order valence-electron chi connectivity index (χ2n) is 3.85. The Kier molecular flexibility index (Phi) is 4.63. The third kappa shape index (κ3) is 4.40. The maximum Gasteiger partial charge on any atom is 0.0526 e. The molecule has 0 amide bonds. The van der Waals surface area contributed by atoms with Crippen LogP contribution in [0.4, 0.5) is 0 Å². The van der Waals surface area contributed by atoms with Gasteiger partial charge in [-0.3, -0.25) is 0 Å². The first-order valence-electron chi connectivity index (χ1n) is 5.14. The van der Waals surface area contributed by atoms with Gasteiger partial charge in [0.15, 0.2) is 0 Å². The predicted molar refractivity (Wildman–Crippen MR) is 59.0 cm³/mol. The van der Waals surface area contributed by atoms with Crippen molar-refractivity contribution in [2.75, 3.05) is 0 Å². The number of aliphatic hydroxyl groups excluding tert-OH is 1. The van der Waals surface area contributed by atoms with E-state index in [1.807, 2.05) is 25.1 Å². The Morgan fingerprint density at radius 3 is 2.43 bits per heavy atom. The van der Waals surface area contributed by atoms with Gasteiger partial charge in [0.2, 0.25) is 0 Å². The van der Waals surface area contributed by atoms with Crippen molar-refractivity contribution >= 4 is 0 Å². The van der Waals surface area contributed by atoms with E-state index in [9.17, 15) is 5.11 Å². The zero-order chi connectivity index (χ0) is 10.4. The van der Waals surface area contributed by atoms with Crippen LogP contribution in [0.3, 0.4) is 0 Å². The second kappa shape index (κ2) is 5.78. The van der Waals surface area contributed by atoms with Crippen LogP contribution in [0.1, 0.15) is 25.8 Å². The summed E-state index contributed by atoms with van der Waals surface area (Å²) in [5, 5.41) is 12.6. The minimum Gasteiger partial charge on any atom is -0.393 e. The summed E-state index contributed by atoms with van der Waals surface area (Å²) < 4.78 is 0. The lowest BCUT2D eigenvalue weighted by Crippen LogP contribution is -2.28. The molecule has 2 atom stereocenters. The van der Waals surface area contributed by atoms with E-state index in [0.717, 1.165) is 13.0 Å². The summed E-state index contributed by atoms with van der Waals surface area (Å²) in [4.78, 5) is 0. The zero-order valence-corrected chi connectivity index (χ0v) is 8.90. The van der Waals surface area contributed by atoms with E-state index in [0.29, 0.717) is 6.04 Å². The molecule has 2 heteroatoms. The van der Waals surface area contributed by atoms with Crippen LogP contribution in [0.15, 0.2) is 30.3 Å². The number of rotatable bonds is 5. The molecule has 2 N–H and O–H groups in total. The standard InChI is InChI=1S/C12H19NO/c1-10(8-11(2)14)13-9-12-6-4-3-5-7-12/h3-7,10-11,13-14H,8-9H2,1-2H3/t10-,11+/m0/s1. The topological polar surface area (TPSA) is 32.3 Å². The molecule has 14 heavy (non-hydrogen) atoms. The van der Waals surface area contributed by atoms with Gasteiger partial charge in [-0.05, 0) is 25.8 Å². The molecule has 0 aromatic heterocycles. The first-order valence-corrected chi connectivity index (χ1v) is 5.14. The van der Waals surface area contributed by atoms with E-state index in [-0.39, 0.29) is 6.10 Å². The molecule has 0 unspecified atom stereocenters. The Balaban J connectivity index is 2.27. The smallest absolute Gasteiger partial charge is 0.0526 e. The van der Waals surface area contributed by atoms with Crippen LogP contribution in [0.2, 0.25) is 0 Å². The van der Waals surface area contributed by atoms with Crippen molar-refractivity contribution in [3.63, 3.8) is 0 Å². The van der Waals surface area contributed by atoms with Gasteiger partial charge >= 0.3 is 0 Å². The SMILES string of the molecule is C[C@@H](O)C[C@H](C)NCc1ccccc1. The van der Waals surface area contributed by atoms with E-state index >= 15 is 0 Å². The maximum absolute atomic E-state index is 9.18. The molecule has 1 aromatic carbocycles. The molecule has 0 aliphatic carbocycles. The van der Waals surface area contributed by atoms with Crippen LogP contribution in [-0.2, 0) is 6.54 Å². The first-order chi connectivity index (χ1) is 6.68. The number of aliphatic hydroxyl groups is 1. The molecule has 0 saturated carbocycles. The number of hydrogen-bond donors (Lipinski definition) is 2. The zero-order valence-electron chi connectivity index (χ0n) is 8.90. The molecule has 0 aliphatic heterocycles. The lowest BCUT2D eigenvalue weighted by Gasteiger charge is -2.15. The minimum atomic E-state index is -0.228. The molecule has 0 aliphatic rings. The molecule has 0 radical (unpaired) electrons. The van der Waals surface area contributed by atoms with Gasteiger partial charge in [-0.2, -0.15) is 0 Å². The van der Waals surface area contributed by atoms with Crippen LogP contribution in [-0.4, -0.2) is 17.3 Å². The molecule has 1 aromatic rings. The fourth-order valence-corrected chi connectivity index (χ4v) is 1.48. The van der Waals surface area contributed by atoms with E-state index in [4.69, 9.17) is 0 Å². The fraction of sp³-hybridized carbons (Fsp3) is 0.500. The van der Waals surface area contributed by atoms with Gasteiger partial charge in [0, 0.05) is 12.6 Å². The predicted octanol–water partition coefficient (Wildman–Crippen LogP) is 1.94. The molecule has 0 fully saturated rings. The van der Waals surface area contributed by atoms with Crippen molar-refractivity contribution in [1.82, 2.24) is 5.32 Å². The van der Waals surface area contributed by atoms with Crippen molar-refractivity contribution in [3.05, 3.63) is 35.9 Å². The first kappa shape index (κ1) is 11.2. The van der Waals surface area contributed by atoms with Gasteiger partial charge in [-0.15, -0.1) is 0 Å². The molecule has 78 valence electrons. The number of benzene rings is 1. The van der Waals surface area contributed by atoms with E-state index in [2.05, 4.69) is 24.4 Å². The highest BCUT2D eigenvalue weighted by atomic mass is 16.3. The Bertz CT molecular complexity index is 246. The number of nitrogens with one attached hydrogen (secondary N) is 1. The molecular formula is C12H19NO. The van der Waals surface area contributed by atoms with Crippen molar-refractivity contribution in [3.8, 4) is 0 Å². The van der Waals surface area contributed by atoms with Gasteiger partial charge in [0.05, 0.1) is 6.10 Å². The second-order valence-corrected chi connectivity index (χ2v) is 3.85. The van der Waals surface area contributed by atoms with Crippen molar-refractivity contribution in [2.45, 2.75) is 39.0 Å². The van der Waals surface area contributed by atoms with Crippen LogP contribution in [0.5, 0.6) is 0 Å². The molecular weight excluding hydrogens is 174 g/mol. The fourth-order valence-electron chi connectivity index (χ4n) is 1.48. The third-order valence-electron chi connectivity index (χ3n) is 2.19. The average molecular weight is 193 g/mol. The van der Waals surface area contributed by atoms with Crippen LogP contribution >= 0.6 is 0 Å². The Morgan fingerprint density at radius 1 is 1.21 bits per heavy atom. The summed E-state index contributed by atoms with van der Waals surface area (Å²) in [7, 11) is 0. The molecule has 0 bridgehead atoms. The summed E-state index contributed by atoms with van der Waals surface area (Å²) in [5.74, 6) is 0. The summed E-state index contributed by atoms with van der Waals surface area (Å²) >= 11 is 0. The Morgan fingerprint density at radius 2 is 1.86 bits per heavy atom. The Labute approximate surface area is 86.0 Å². The summed E-state index contributed by atoms with van der Waals surface area (Å²) in [6.45, 7) is 4.78. The highest BCUT2D eigenvalue weighted by Crippen LogP contribution is 2.01. The molecule has 2 nitrogen and oxygen atoms in total. The number of hydrogen-bond acceptors (Lipinski definition) is 2. The third-order valence-corrected chi connectivity index (χ3v) is 2.19. The van der Waals surface area contributed by atoms with Gasteiger partial charge in [-0.1, -0.05) is 30.3 Å². The molecule has 0 spiro atoms. The van der Waals surface area contributed by atoms with Gasteiger partial charge in [-0.25, -0.2) is 0 Å². The summed E-state index contributed by atoms with van der Waals surface area (Å²) in [6.07, 6.45) is 0.570. The van der Waals surface area contributed by atoms with Crippen LogP contribution < -0.4 is 5.32 Å². The maximum atomic E-state index is 9.18. The van der Waals surface area contributed by atoms with Gasteiger partial charge in [0.1, 0.15) is 0 Å². The average Bonchev–Trinajstić information content (AvgIpc) is 2.15. The molecule has 1 rings (SSSR count). The normalized spacial score (nSPS) is 15.1. The quantitative estimate of drug-likeness (QED) is 0.749. The van der Waals surface area contributed by atoms with E-state index < -0.39 is 0 Å². The van der Waals surface area contributed by atoms with Crippen LogP contribution in [0.25, 0.3) is 0 Å². The summed E-state index contributed by atoms with van der Waals surface area (Å²) in [6, 6.07) is 10.6. The lowest BCUT2D eigenvalue weighted by molar-refractivity contribution is 0.170. The van der Waals surface area contributed by atoms with Crippen molar-refractivity contribution < 1.29 is 5.11 Å². The largest absolute Gasteiger partial charge is 0.393 e. The van der Waals surface area contributed by atoms with E-state index in [1.165, 1.54) is 5.56 Å². The van der Waals surface area contributed by atoms with Gasteiger partial charge in [0.25, 0.3) is 0 Å². The highest BCUT2D eigenvalue weighted by molar-refractivity contribution is 5.14. The Hall–Kier alpha value is -0.860. The highest BCUT2D eigenvalue weighted by Gasteiger charge is 2.04. The molecule has 0 saturated heterocycles.